The minimum Gasteiger partial charge on any atom is -0.353 e. The molecule has 1 saturated carbocycles. The molecule has 0 unspecified atom stereocenters. The summed E-state index contributed by atoms with van der Waals surface area (Å²) in [6.07, 6.45) is 7.81. The van der Waals surface area contributed by atoms with Crippen molar-refractivity contribution < 1.29 is 4.79 Å². The summed E-state index contributed by atoms with van der Waals surface area (Å²) in [4.78, 5) is 23.3. The summed E-state index contributed by atoms with van der Waals surface area (Å²) < 4.78 is 0. The Kier molecular flexibility index (Phi) is 5.87. The van der Waals surface area contributed by atoms with E-state index in [0.29, 0.717) is 18.2 Å². The number of rotatable bonds is 4. The quantitative estimate of drug-likeness (QED) is 0.836. The molecule has 1 aromatic rings. The monoisotopic (exact) mass is 341 g/mol. The van der Waals surface area contributed by atoms with Gasteiger partial charge in [0.1, 0.15) is 11.9 Å². The number of anilines is 1. The van der Waals surface area contributed by atoms with Gasteiger partial charge < -0.3 is 9.80 Å². The molecule has 1 amide bonds. The van der Waals surface area contributed by atoms with E-state index in [1.165, 1.54) is 19.3 Å². The topological polar surface area (TPSA) is 63.5 Å². The van der Waals surface area contributed by atoms with Gasteiger partial charge in [0.2, 0.25) is 5.91 Å². The van der Waals surface area contributed by atoms with Crippen molar-refractivity contribution in [1.82, 2.24) is 14.8 Å². The molecule has 3 rings (SSSR count). The summed E-state index contributed by atoms with van der Waals surface area (Å²) in [5.74, 6) is 0.992. The normalized spacial score (nSPS) is 19.4. The number of hydrogen-bond donors (Lipinski definition) is 0. The minimum absolute atomic E-state index is 0.232. The number of pyridine rings is 1. The van der Waals surface area contributed by atoms with Crippen LogP contribution in [0.1, 0.15) is 37.7 Å². The van der Waals surface area contributed by atoms with Crippen LogP contribution in [-0.2, 0) is 4.79 Å². The van der Waals surface area contributed by atoms with E-state index in [4.69, 9.17) is 0 Å². The number of hydrogen-bond acceptors (Lipinski definition) is 5. The molecule has 0 aromatic carbocycles. The Bertz CT molecular complexity index is 627. The molecule has 0 radical (unpaired) electrons. The minimum atomic E-state index is 0.232. The number of likely N-dealkylation sites (N-methyl/N-ethyl adjacent to an activating group) is 1. The van der Waals surface area contributed by atoms with Crippen molar-refractivity contribution in [2.45, 2.75) is 38.1 Å². The second-order valence-electron chi connectivity index (χ2n) is 7.05. The molecule has 2 aliphatic rings. The summed E-state index contributed by atoms with van der Waals surface area (Å²) in [6, 6.07) is 6.23. The van der Waals surface area contributed by atoms with Crippen LogP contribution in [0.25, 0.3) is 0 Å². The largest absolute Gasteiger partial charge is 0.353 e. The molecule has 1 aromatic heterocycles. The summed E-state index contributed by atoms with van der Waals surface area (Å²) in [7, 11) is 1.96. The smallest absolute Gasteiger partial charge is 0.236 e. The lowest BCUT2D eigenvalue weighted by atomic mass is 9.94. The van der Waals surface area contributed by atoms with E-state index in [0.717, 1.165) is 44.8 Å². The SMILES string of the molecule is CN(C(=O)CN1CCN(c2ncccc2C#N)CC1)C1CCCCC1. The molecule has 2 heterocycles. The van der Waals surface area contributed by atoms with E-state index < -0.39 is 0 Å². The molecule has 6 nitrogen and oxygen atoms in total. The Balaban J connectivity index is 1.50. The van der Waals surface area contributed by atoms with Crippen LogP contribution in [0.4, 0.5) is 5.82 Å². The van der Waals surface area contributed by atoms with Gasteiger partial charge in [-0.05, 0) is 25.0 Å². The lowest BCUT2D eigenvalue weighted by Crippen LogP contribution is -2.51. The van der Waals surface area contributed by atoms with Gasteiger partial charge in [-0.2, -0.15) is 5.26 Å². The summed E-state index contributed by atoms with van der Waals surface area (Å²) in [5, 5.41) is 9.23. The highest BCUT2D eigenvalue weighted by Gasteiger charge is 2.26. The van der Waals surface area contributed by atoms with Gasteiger partial charge in [0.15, 0.2) is 0 Å². The first kappa shape index (κ1) is 17.7. The van der Waals surface area contributed by atoms with Crippen LogP contribution >= 0.6 is 0 Å². The van der Waals surface area contributed by atoms with Crippen molar-refractivity contribution in [3.05, 3.63) is 23.9 Å². The first-order chi connectivity index (χ1) is 12.2. The Labute approximate surface area is 150 Å². The zero-order chi connectivity index (χ0) is 17.6. The van der Waals surface area contributed by atoms with Gasteiger partial charge in [0, 0.05) is 45.5 Å². The molecular formula is C19H27N5O. The molecule has 0 atom stereocenters. The van der Waals surface area contributed by atoms with Crippen LogP contribution in [0.3, 0.4) is 0 Å². The molecule has 1 saturated heterocycles. The van der Waals surface area contributed by atoms with E-state index in [-0.39, 0.29) is 5.91 Å². The lowest BCUT2D eigenvalue weighted by Gasteiger charge is -2.37. The van der Waals surface area contributed by atoms with E-state index in [1.54, 1.807) is 18.3 Å². The second kappa shape index (κ2) is 8.30. The van der Waals surface area contributed by atoms with Crippen molar-refractivity contribution in [3.8, 4) is 6.07 Å². The van der Waals surface area contributed by atoms with E-state index >= 15 is 0 Å². The number of piperazine rings is 1. The van der Waals surface area contributed by atoms with Crippen LogP contribution in [0.5, 0.6) is 0 Å². The Hall–Kier alpha value is -2.13. The molecule has 6 heteroatoms. The average Bonchev–Trinajstić information content (AvgIpc) is 2.68. The van der Waals surface area contributed by atoms with Crippen LogP contribution in [0.2, 0.25) is 0 Å². The van der Waals surface area contributed by atoms with E-state index in [1.807, 2.05) is 11.9 Å². The molecule has 0 spiro atoms. The first-order valence-electron chi connectivity index (χ1n) is 9.27. The number of carbonyl (C=O) groups is 1. The van der Waals surface area contributed by atoms with Crippen LogP contribution in [0.15, 0.2) is 18.3 Å². The molecule has 25 heavy (non-hydrogen) atoms. The third-order valence-electron chi connectivity index (χ3n) is 5.45. The van der Waals surface area contributed by atoms with Crippen molar-refractivity contribution in [3.63, 3.8) is 0 Å². The number of carbonyl (C=O) groups excluding carboxylic acids is 1. The number of nitrogens with zero attached hydrogens (tertiary/aromatic N) is 5. The molecule has 2 fully saturated rings. The summed E-state index contributed by atoms with van der Waals surface area (Å²) >= 11 is 0. The highest BCUT2D eigenvalue weighted by molar-refractivity contribution is 5.78. The average molecular weight is 341 g/mol. The third kappa shape index (κ3) is 4.29. The van der Waals surface area contributed by atoms with Gasteiger partial charge in [-0.3, -0.25) is 9.69 Å². The van der Waals surface area contributed by atoms with Crippen LogP contribution in [-0.4, -0.2) is 66.5 Å². The first-order valence-corrected chi connectivity index (χ1v) is 9.27. The van der Waals surface area contributed by atoms with Gasteiger partial charge in [-0.15, -0.1) is 0 Å². The van der Waals surface area contributed by atoms with E-state index in [2.05, 4.69) is 20.9 Å². The maximum Gasteiger partial charge on any atom is 0.236 e. The molecular weight excluding hydrogens is 314 g/mol. The zero-order valence-electron chi connectivity index (χ0n) is 15.0. The fraction of sp³-hybridized carbons (Fsp3) is 0.632. The van der Waals surface area contributed by atoms with E-state index in [9.17, 15) is 10.1 Å². The number of aromatic nitrogens is 1. The van der Waals surface area contributed by atoms with Crippen molar-refractivity contribution in [2.24, 2.45) is 0 Å². The zero-order valence-corrected chi connectivity index (χ0v) is 15.0. The van der Waals surface area contributed by atoms with Gasteiger partial charge in [0.05, 0.1) is 12.1 Å². The Morgan fingerprint density at radius 2 is 2.00 bits per heavy atom. The maximum atomic E-state index is 12.6. The molecule has 1 aliphatic heterocycles. The van der Waals surface area contributed by atoms with Gasteiger partial charge >= 0.3 is 0 Å². The van der Waals surface area contributed by atoms with Gasteiger partial charge in [-0.25, -0.2) is 4.98 Å². The number of amides is 1. The van der Waals surface area contributed by atoms with Gasteiger partial charge in [0.25, 0.3) is 0 Å². The van der Waals surface area contributed by atoms with Crippen molar-refractivity contribution in [2.75, 3.05) is 44.7 Å². The molecule has 134 valence electrons. The fourth-order valence-electron chi connectivity index (χ4n) is 3.83. The Morgan fingerprint density at radius 1 is 1.28 bits per heavy atom. The highest BCUT2D eigenvalue weighted by atomic mass is 16.2. The molecule has 1 aliphatic carbocycles. The summed E-state index contributed by atoms with van der Waals surface area (Å²) in [5.41, 5.74) is 0.615. The Morgan fingerprint density at radius 3 is 2.68 bits per heavy atom. The predicted molar refractivity (Wildman–Crippen MR) is 97.2 cm³/mol. The van der Waals surface area contributed by atoms with Crippen molar-refractivity contribution >= 4 is 11.7 Å². The number of nitriles is 1. The fourth-order valence-corrected chi connectivity index (χ4v) is 3.83. The van der Waals surface area contributed by atoms with Crippen LogP contribution < -0.4 is 4.90 Å². The third-order valence-corrected chi connectivity index (χ3v) is 5.45. The highest BCUT2D eigenvalue weighted by Crippen LogP contribution is 2.22. The van der Waals surface area contributed by atoms with Crippen LogP contribution in [0, 0.1) is 11.3 Å². The molecule has 0 bridgehead atoms. The standard InChI is InChI=1S/C19H27N5O/c1-22(17-7-3-2-4-8-17)18(25)15-23-10-12-24(13-11-23)19-16(14-20)6-5-9-21-19/h5-6,9,17H,2-4,7-8,10-13,15H2,1H3. The second-order valence-corrected chi connectivity index (χ2v) is 7.05. The molecule has 0 N–H and O–H groups in total. The lowest BCUT2D eigenvalue weighted by molar-refractivity contribution is -0.133. The van der Waals surface area contributed by atoms with Crippen molar-refractivity contribution in [1.29, 1.82) is 5.26 Å². The van der Waals surface area contributed by atoms with Gasteiger partial charge in [-0.1, -0.05) is 19.3 Å². The summed E-state index contributed by atoms with van der Waals surface area (Å²) in [6.45, 7) is 3.74. The maximum absolute atomic E-state index is 12.6. The predicted octanol–water partition coefficient (Wildman–Crippen LogP) is 1.87.